The lowest BCUT2D eigenvalue weighted by molar-refractivity contribution is 1.10. The summed E-state index contributed by atoms with van der Waals surface area (Å²) in [7, 11) is 0.997. The quantitative estimate of drug-likeness (QED) is 0.739. The number of hydrogen-bond acceptors (Lipinski definition) is 0. The van der Waals surface area contributed by atoms with E-state index in [2.05, 4.69) is 39.0 Å². The zero-order valence-electron chi connectivity index (χ0n) is 8.96. The molecule has 0 heterocycles. The minimum absolute atomic E-state index is 0. The molecule has 1 unspecified atom stereocenters. The summed E-state index contributed by atoms with van der Waals surface area (Å²) >= 11 is 0. The van der Waals surface area contributed by atoms with Gasteiger partial charge < -0.3 is 0 Å². The molecule has 82 valence electrons. The van der Waals surface area contributed by atoms with Crippen molar-refractivity contribution in [3.05, 3.63) is 29.3 Å². The predicted octanol–water partition coefficient (Wildman–Crippen LogP) is 4.02. The van der Waals surface area contributed by atoms with E-state index in [1.807, 2.05) is 0 Å². The lowest BCUT2D eigenvalue weighted by Gasteiger charge is -2.03. The van der Waals surface area contributed by atoms with Crippen molar-refractivity contribution in [2.24, 2.45) is 0 Å². The number of aryl methyl sites for hydroxylation is 2. The van der Waals surface area contributed by atoms with Crippen LogP contribution in [0.15, 0.2) is 18.2 Å². The van der Waals surface area contributed by atoms with Crippen LogP contribution in [0.4, 0.5) is 0 Å². The Morgan fingerprint density at radius 3 is 2.00 bits per heavy atom. The zero-order chi connectivity index (χ0) is 8.97. The Hall–Kier alpha value is 0.420. The third-order valence-electron chi connectivity index (χ3n) is 1.80. The molecule has 0 N–H and O–H groups in total. The second kappa shape index (κ2) is 8.71. The highest BCUT2D eigenvalue weighted by Gasteiger charge is 1.94. The molecule has 1 aromatic rings. The normalized spacial score (nSPS) is 9.64. The second-order valence-electron chi connectivity index (χ2n) is 3.30. The highest BCUT2D eigenvalue weighted by atomic mass is 79.9. The molecule has 1 aromatic carbocycles. The van der Waals surface area contributed by atoms with Crippen molar-refractivity contribution >= 4 is 43.3 Å². The fourth-order valence-electron chi connectivity index (χ4n) is 1.35. The minimum atomic E-state index is 0. The van der Waals surface area contributed by atoms with E-state index in [-0.39, 0.29) is 29.4 Å². The van der Waals surface area contributed by atoms with E-state index in [0.29, 0.717) is 0 Å². The summed E-state index contributed by atoms with van der Waals surface area (Å²) in [5.41, 5.74) is 2.79. The molecule has 14 heavy (non-hydrogen) atoms. The molecule has 0 radical (unpaired) electrons. The van der Waals surface area contributed by atoms with E-state index in [1.54, 1.807) is 0 Å². The molecule has 0 nitrogen and oxygen atoms in total. The first-order chi connectivity index (χ1) is 5.72. The van der Waals surface area contributed by atoms with Gasteiger partial charge in [0.2, 0.25) is 0 Å². The summed E-state index contributed by atoms with van der Waals surface area (Å²) in [4.78, 5) is 0. The highest BCUT2D eigenvalue weighted by molar-refractivity contribution is 8.93. The standard InChI is InChI=1S/C11H17P.BrH.ClH/c1-4-5-12-11-7-9(2)6-10(3)8-11;;/h6-8,12H,4-5H2,1-3H3;2*1H. The van der Waals surface area contributed by atoms with Crippen molar-refractivity contribution in [3.8, 4) is 0 Å². The number of halogens is 2. The van der Waals surface area contributed by atoms with Crippen molar-refractivity contribution in [2.75, 3.05) is 6.16 Å². The molecule has 0 bridgehead atoms. The Labute approximate surface area is 106 Å². The molecule has 0 aliphatic carbocycles. The van der Waals surface area contributed by atoms with Gasteiger partial charge in [0.1, 0.15) is 0 Å². The van der Waals surface area contributed by atoms with Gasteiger partial charge in [-0.15, -0.1) is 29.4 Å². The van der Waals surface area contributed by atoms with Crippen LogP contribution in [-0.4, -0.2) is 6.16 Å². The average Bonchev–Trinajstić information content (AvgIpc) is 1.99. The van der Waals surface area contributed by atoms with Crippen molar-refractivity contribution in [2.45, 2.75) is 27.2 Å². The molecular weight excluding hydrogens is 278 g/mol. The first-order valence-corrected chi connectivity index (χ1v) is 5.75. The van der Waals surface area contributed by atoms with Crippen molar-refractivity contribution in [3.63, 3.8) is 0 Å². The van der Waals surface area contributed by atoms with Crippen LogP contribution in [0, 0.1) is 13.8 Å². The van der Waals surface area contributed by atoms with E-state index < -0.39 is 0 Å². The maximum atomic E-state index is 2.31. The fraction of sp³-hybridized carbons (Fsp3) is 0.455. The molecule has 0 fully saturated rings. The van der Waals surface area contributed by atoms with Gasteiger partial charge in [-0.1, -0.05) is 51.3 Å². The molecule has 1 atom stereocenters. The van der Waals surface area contributed by atoms with E-state index >= 15 is 0 Å². The summed E-state index contributed by atoms with van der Waals surface area (Å²) in [5.74, 6) is 0. The maximum Gasteiger partial charge on any atom is -0.0266 e. The second-order valence-corrected chi connectivity index (χ2v) is 4.73. The van der Waals surface area contributed by atoms with Crippen LogP contribution >= 0.6 is 38.0 Å². The summed E-state index contributed by atoms with van der Waals surface area (Å²) in [6.07, 6.45) is 2.63. The van der Waals surface area contributed by atoms with Gasteiger partial charge in [-0.25, -0.2) is 0 Å². The molecule has 0 aromatic heterocycles. The molecule has 0 saturated heterocycles. The van der Waals surface area contributed by atoms with Crippen LogP contribution in [0.3, 0.4) is 0 Å². The molecule has 0 spiro atoms. The Balaban J connectivity index is 0. The zero-order valence-corrected chi connectivity index (χ0v) is 12.5. The molecule has 0 saturated carbocycles. The van der Waals surface area contributed by atoms with E-state index in [1.165, 1.54) is 29.0 Å². The lowest BCUT2D eigenvalue weighted by atomic mass is 10.2. The van der Waals surface area contributed by atoms with Gasteiger partial charge in [0, 0.05) is 0 Å². The number of hydrogen-bond donors (Lipinski definition) is 0. The monoisotopic (exact) mass is 296 g/mol. The first-order valence-electron chi connectivity index (χ1n) is 4.54. The SMILES string of the molecule is Br.CCCPc1cc(C)cc(C)c1.Cl. The van der Waals surface area contributed by atoms with Crippen LogP contribution in [0.25, 0.3) is 0 Å². The number of benzene rings is 1. The van der Waals surface area contributed by atoms with Crippen LogP contribution in [0.2, 0.25) is 0 Å². The van der Waals surface area contributed by atoms with E-state index in [9.17, 15) is 0 Å². The fourth-order valence-corrected chi connectivity index (χ4v) is 2.54. The Kier molecular flexibility index (Phi) is 10.5. The lowest BCUT2D eigenvalue weighted by Crippen LogP contribution is -1.97. The topological polar surface area (TPSA) is 0 Å². The highest BCUT2D eigenvalue weighted by Crippen LogP contribution is 2.13. The maximum absolute atomic E-state index is 2.31. The summed E-state index contributed by atoms with van der Waals surface area (Å²) in [6, 6.07) is 6.85. The van der Waals surface area contributed by atoms with E-state index in [4.69, 9.17) is 0 Å². The Morgan fingerprint density at radius 2 is 1.57 bits per heavy atom. The van der Waals surface area contributed by atoms with Crippen LogP contribution in [0.5, 0.6) is 0 Å². The number of rotatable bonds is 3. The molecule has 3 heteroatoms. The summed E-state index contributed by atoms with van der Waals surface area (Å²) in [5, 5.41) is 1.52. The third kappa shape index (κ3) is 6.01. The van der Waals surface area contributed by atoms with Crippen molar-refractivity contribution in [1.29, 1.82) is 0 Å². The Bertz CT molecular complexity index is 243. The van der Waals surface area contributed by atoms with Gasteiger partial charge in [-0.3, -0.25) is 0 Å². The summed E-state index contributed by atoms with van der Waals surface area (Å²) < 4.78 is 0. The van der Waals surface area contributed by atoms with Crippen LogP contribution in [-0.2, 0) is 0 Å². The molecule has 0 amide bonds. The minimum Gasteiger partial charge on any atom is -0.147 e. The van der Waals surface area contributed by atoms with Gasteiger partial charge >= 0.3 is 0 Å². The average molecular weight is 298 g/mol. The Morgan fingerprint density at radius 1 is 1.07 bits per heavy atom. The molecular formula is C11H19BrClP. The van der Waals surface area contributed by atoms with Gasteiger partial charge in [0.15, 0.2) is 0 Å². The van der Waals surface area contributed by atoms with Gasteiger partial charge in [-0.2, -0.15) is 0 Å². The van der Waals surface area contributed by atoms with Gasteiger partial charge in [0.25, 0.3) is 0 Å². The van der Waals surface area contributed by atoms with Crippen LogP contribution < -0.4 is 5.30 Å². The molecule has 0 aliphatic heterocycles. The van der Waals surface area contributed by atoms with E-state index in [0.717, 1.165) is 8.58 Å². The first kappa shape index (κ1) is 16.8. The largest absolute Gasteiger partial charge is 0.147 e. The third-order valence-corrected chi connectivity index (χ3v) is 3.25. The molecule has 1 rings (SSSR count). The summed E-state index contributed by atoms with van der Waals surface area (Å²) in [6.45, 7) is 6.59. The van der Waals surface area contributed by atoms with Crippen LogP contribution in [0.1, 0.15) is 24.5 Å². The van der Waals surface area contributed by atoms with Crippen molar-refractivity contribution in [1.82, 2.24) is 0 Å². The molecule has 0 aliphatic rings. The smallest absolute Gasteiger partial charge is 0.0266 e. The predicted molar refractivity (Wildman–Crippen MR) is 76.6 cm³/mol. The van der Waals surface area contributed by atoms with Crippen molar-refractivity contribution < 1.29 is 0 Å². The van der Waals surface area contributed by atoms with Gasteiger partial charge in [-0.05, 0) is 25.3 Å². The van der Waals surface area contributed by atoms with Gasteiger partial charge in [0.05, 0.1) is 0 Å².